The van der Waals surface area contributed by atoms with Crippen molar-refractivity contribution < 1.29 is 13.2 Å². The van der Waals surface area contributed by atoms with E-state index in [-0.39, 0.29) is 6.54 Å². The second-order valence-electron chi connectivity index (χ2n) is 4.72. The Hall–Kier alpha value is -1.11. The van der Waals surface area contributed by atoms with Crippen LogP contribution < -0.4 is 9.46 Å². The molecule has 0 aromatic heterocycles. The van der Waals surface area contributed by atoms with Crippen molar-refractivity contribution in [3.63, 3.8) is 0 Å². The van der Waals surface area contributed by atoms with E-state index in [9.17, 15) is 8.42 Å². The molecule has 108 valence electrons. The average Bonchev–Trinajstić information content (AvgIpc) is 2.34. The SMILES string of the molecule is CC(C)c1ccccc1OCCNS(=O)(=O)N(C)C. The van der Waals surface area contributed by atoms with E-state index in [1.807, 2.05) is 24.3 Å². The van der Waals surface area contributed by atoms with E-state index in [1.54, 1.807) is 0 Å². The van der Waals surface area contributed by atoms with Crippen LogP contribution in [0.25, 0.3) is 0 Å². The van der Waals surface area contributed by atoms with Crippen LogP contribution in [-0.2, 0) is 10.2 Å². The minimum absolute atomic E-state index is 0.243. The van der Waals surface area contributed by atoms with Crippen LogP contribution >= 0.6 is 0 Å². The van der Waals surface area contributed by atoms with Crippen molar-refractivity contribution >= 4 is 10.2 Å². The Labute approximate surface area is 115 Å². The van der Waals surface area contributed by atoms with E-state index < -0.39 is 10.2 Å². The molecule has 0 spiro atoms. The molecule has 0 fully saturated rings. The molecule has 0 unspecified atom stereocenters. The Morgan fingerprint density at radius 3 is 2.47 bits per heavy atom. The van der Waals surface area contributed by atoms with Gasteiger partial charge in [0.2, 0.25) is 0 Å². The molecule has 19 heavy (non-hydrogen) atoms. The first-order valence-electron chi connectivity index (χ1n) is 6.23. The summed E-state index contributed by atoms with van der Waals surface area (Å²) in [6.45, 7) is 4.73. The smallest absolute Gasteiger partial charge is 0.279 e. The first kappa shape index (κ1) is 15.9. The minimum atomic E-state index is -3.38. The van der Waals surface area contributed by atoms with Crippen molar-refractivity contribution in [3.8, 4) is 5.75 Å². The Morgan fingerprint density at radius 2 is 1.89 bits per heavy atom. The summed E-state index contributed by atoms with van der Waals surface area (Å²) >= 11 is 0. The van der Waals surface area contributed by atoms with Gasteiger partial charge < -0.3 is 4.74 Å². The van der Waals surface area contributed by atoms with Gasteiger partial charge in [0.15, 0.2) is 0 Å². The number of para-hydroxylation sites is 1. The fourth-order valence-corrected chi connectivity index (χ4v) is 2.15. The van der Waals surface area contributed by atoms with Crippen LogP contribution in [0.4, 0.5) is 0 Å². The van der Waals surface area contributed by atoms with Crippen LogP contribution in [0.1, 0.15) is 25.3 Å². The Morgan fingerprint density at radius 1 is 1.26 bits per heavy atom. The molecule has 0 radical (unpaired) electrons. The van der Waals surface area contributed by atoms with Crippen molar-refractivity contribution in [1.29, 1.82) is 0 Å². The first-order chi connectivity index (χ1) is 8.84. The predicted molar refractivity (Wildman–Crippen MR) is 76.6 cm³/mol. The van der Waals surface area contributed by atoms with Gasteiger partial charge in [0.25, 0.3) is 10.2 Å². The van der Waals surface area contributed by atoms with Gasteiger partial charge in [-0.3, -0.25) is 0 Å². The van der Waals surface area contributed by atoms with Crippen LogP contribution in [-0.4, -0.2) is 40.0 Å². The molecule has 0 saturated carbocycles. The summed E-state index contributed by atoms with van der Waals surface area (Å²) < 4.78 is 32.2. The summed E-state index contributed by atoms with van der Waals surface area (Å²) in [6, 6.07) is 7.79. The maximum atomic E-state index is 11.5. The average molecular weight is 286 g/mol. The normalized spacial score (nSPS) is 12.1. The summed E-state index contributed by atoms with van der Waals surface area (Å²) in [5.74, 6) is 1.18. The molecular weight excluding hydrogens is 264 g/mol. The lowest BCUT2D eigenvalue weighted by molar-refractivity contribution is 0.317. The highest BCUT2D eigenvalue weighted by Crippen LogP contribution is 2.25. The fraction of sp³-hybridized carbons (Fsp3) is 0.538. The minimum Gasteiger partial charge on any atom is -0.492 e. The van der Waals surface area contributed by atoms with E-state index in [2.05, 4.69) is 18.6 Å². The quantitative estimate of drug-likeness (QED) is 0.774. The van der Waals surface area contributed by atoms with Gasteiger partial charge in [-0.05, 0) is 17.5 Å². The van der Waals surface area contributed by atoms with Crippen molar-refractivity contribution in [2.75, 3.05) is 27.2 Å². The third kappa shape index (κ3) is 4.81. The highest BCUT2D eigenvalue weighted by Gasteiger charge is 2.12. The zero-order valence-electron chi connectivity index (χ0n) is 11.9. The molecule has 0 aliphatic carbocycles. The third-order valence-electron chi connectivity index (χ3n) is 2.67. The van der Waals surface area contributed by atoms with E-state index in [4.69, 9.17) is 4.74 Å². The lowest BCUT2D eigenvalue weighted by Crippen LogP contribution is -2.37. The summed E-state index contributed by atoms with van der Waals surface area (Å²) in [7, 11) is -0.409. The number of ether oxygens (including phenoxy) is 1. The summed E-state index contributed by atoms with van der Waals surface area (Å²) in [5.41, 5.74) is 1.12. The van der Waals surface area contributed by atoms with Crippen molar-refractivity contribution in [2.24, 2.45) is 0 Å². The summed E-state index contributed by atoms with van der Waals surface area (Å²) in [6.07, 6.45) is 0. The molecule has 0 saturated heterocycles. The van der Waals surface area contributed by atoms with Crippen molar-refractivity contribution in [3.05, 3.63) is 29.8 Å². The standard InChI is InChI=1S/C13H22N2O3S/c1-11(2)12-7-5-6-8-13(12)18-10-9-14-19(16,17)15(3)4/h5-8,11,14H,9-10H2,1-4H3. The molecule has 0 heterocycles. The van der Waals surface area contributed by atoms with Gasteiger partial charge >= 0.3 is 0 Å². The number of nitrogens with zero attached hydrogens (tertiary/aromatic N) is 1. The molecule has 0 aliphatic heterocycles. The molecular formula is C13H22N2O3S. The molecule has 6 heteroatoms. The first-order valence-corrected chi connectivity index (χ1v) is 7.67. The highest BCUT2D eigenvalue weighted by atomic mass is 32.2. The van der Waals surface area contributed by atoms with Gasteiger partial charge in [-0.1, -0.05) is 32.0 Å². The zero-order valence-corrected chi connectivity index (χ0v) is 12.7. The van der Waals surface area contributed by atoms with Gasteiger partial charge in [0.05, 0.1) is 0 Å². The molecule has 0 aliphatic rings. The molecule has 1 aromatic carbocycles. The van der Waals surface area contributed by atoms with E-state index in [0.29, 0.717) is 12.5 Å². The third-order valence-corrected chi connectivity index (χ3v) is 4.20. The molecule has 1 rings (SSSR count). The highest BCUT2D eigenvalue weighted by molar-refractivity contribution is 7.87. The van der Waals surface area contributed by atoms with Crippen LogP contribution in [0.2, 0.25) is 0 Å². The number of benzene rings is 1. The summed E-state index contributed by atoms with van der Waals surface area (Å²) in [4.78, 5) is 0. The van der Waals surface area contributed by atoms with E-state index in [1.165, 1.54) is 14.1 Å². The Balaban J connectivity index is 2.51. The number of nitrogens with one attached hydrogen (secondary N) is 1. The van der Waals surface area contributed by atoms with Crippen molar-refractivity contribution in [2.45, 2.75) is 19.8 Å². The van der Waals surface area contributed by atoms with Crippen LogP contribution in [0.5, 0.6) is 5.75 Å². The Bertz CT molecular complexity index is 498. The fourth-order valence-electron chi connectivity index (χ4n) is 1.55. The predicted octanol–water partition coefficient (Wildman–Crippen LogP) is 1.58. The van der Waals surface area contributed by atoms with Crippen LogP contribution in [0.3, 0.4) is 0 Å². The largest absolute Gasteiger partial charge is 0.492 e. The second kappa shape index (κ2) is 6.88. The van der Waals surface area contributed by atoms with E-state index in [0.717, 1.165) is 15.6 Å². The molecule has 0 amide bonds. The van der Waals surface area contributed by atoms with Crippen molar-refractivity contribution in [1.82, 2.24) is 9.03 Å². The number of hydrogen-bond acceptors (Lipinski definition) is 3. The van der Waals surface area contributed by atoms with E-state index >= 15 is 0 Å². The van der Waals surface area contributed by atoms with Gasteiger partial charge in [0, 0.05) is 20.6 Å². The maximum Gasteiger partial charge on any atom is 0.279 e. The van der Waals surface area contributed by atoms with Gasteiger partial charge in [0.1, 0.15) is 12.4 Å². The lowest BCUT2D eigenvalue weighted by Gasteiger charge is -2.15. The topological polar surface area (TPSA) is 58.6 Å². The number of hydrogen-bond donors (Lipinski definition) is 1. The summed E-state index contributed by atoms with van der Waals surface area (Å²) in [5, 5.41) is 0. The van der Waals surface area contributed by atoms with Gasteiger partial charge in [-0.2, -0.15) is 17.4 Å². The monoisotopic (exact) mass is 286 g/mol. The van der Waals surface area contributed by atoms with Crippen LogP contribution in [0.15, 0.2) is 24.3 Å². The molecule has 5 nitrogen and oxygen atoms in total. The lowest BCUT2D eigenvalue weighted by atomic mass is 10.0. The molecule has 1 aromatic rings. The maximum absolute atomic E-state index is 11.5. The van der Waals surface area contributed by atoms with Crippen LogP contribution in [0, 0.1) is 0 Å². The molecule has 1 N–H and O–H groups in total. The van der Waals surface area contributed by atoms with Gasteiger partial charge in [-0.25, -0.2) is 0 Å². The van der Waals surface area contributed by atoms with Gasteiger partial charge in [-0.15, -0.1) is 0 Å². The molecule has 0 bridgehead atoms. The molecule has 0 atom stereocenters. The Kier molecular flexibility index (Phi) is 5.78. The zero-order chi connectivity index (χ0) is 14.5. The number of rotatable bonds is 7. The second-order valence-corrected chi connectivity index (χ2v) is 6.69.